The van der Waals surface area contributed by atoms with Crippen molar-refractivity contribution in [1.82, 2.24) is 4.90 Å². The molecule has 23 heavy (non-hydrogen) atoms. The third-order valence-corrected chi connectivity index (χ3v) is 3.63. The van der Waals surface area contributed by atoms with Gasteiger partial charge in [0.05, 0.1) is 16.9 Å². The Labute approximate surface area is 131 Å². The highest BCUT2D eigenvalue weighted by molar-refractivity contribution is 5.78. The number of carbonyl (C=O) groups excluding carboxylic acids is 1. The van der Waals surface area contributed by atoms with Crippen LogP contribution in [0.25, 0.3) is 0 Å². The summed E-state index contributed by atoms with van der Waals surface area (Å²) in [6.45, 7) is 0.307. The number of carbonyl (C=O) groups is 1. The van der Waals surface area contributed by atoms with Gasteiger partial charge in [-0.25, -0.2) is 9.38 Å². The van der Waals surface area contributed by atoms with Gasteiger partial charge in [0.1, 0.15) is 18.1 Å². The number of halogens is 1. The second-order valence-corrected chi connectivity index (χ2v) is 5.13. The average Bonchev–Trinajstić information content (AvgIpc) is 2.54. The van der Waals surface area contributed by atoms with Gasteiger partial charge in [-0.1, -0.05) is 12.1 Å². The summed E-state index contributed by atoms with van der Waals surface area (Å²) in [5.74, 6) is -0.352. The fraction of sp³-hybridized carbons (Fsp3) is 0.125. The van der Waals surface area contributed by atoms with Gasteiger partial charge < -0.3 is 9.69 Å². The summed E-state index contributed by atoms with van der Waals surface area (Å²) in [4.78, 5) is 27.6. The zero-order chi connectivity index (χ0) is 16.4. The van der Waals surface area contributed by atoms with Crippen molar-refractivity contribution in [3.63, 3.8) is 0 Å². The van der Waals surface area contributed by atoms with Gasteiger partial charge in [-0.3, -0.25) is 10.1 Å². The van der Waals surface area contributed by atoms with Crippen molar-refractivity contribution < 1.29 is 14.1 Å². The van der Waals surface area contributed by atoms with Crippen molar-refractivity contribution in [2.24, 2.45) is 4.99 Å². The molecule has 1 aliphatic heterocycles. The van der Waals surface area contributed by atoms with Crippen molar-refractivity contribution >= 4 is 24.0 Å². The summed E-state index contributed by atoms with van der Waals surface area (Å²) in [5.41, 5.74) is 1.61. The van der Waals surface area contributed by atoms with Crippen LogP contribution in [-0.2, 0) is 11.3 Å². The highest BCUT2D eigenvalue weighted by Gasteiger charge is 2.25. The molecule has 2 aromatic carbocycles. The van der Waals surface area contributed by atoms with Crippen LogP contribution in [0.5, 0.6) is 0 Å². The molecule has 7 heteroatoms. The number of nitro benzene ring substituents is 1. The topological polar surface area (TPSA) is 75.8 Å². The van der Waals surface area contributed by atoms with E-state index in [2.05, 4.69) is 4.99 Å². The molecule has 0 amide bonds. The first kappa shape index (κ1) is 14.8. The minimum atomic E-state index is -0.619. The number of non-ortho nitro benzene ring substituents is 1. The SMILES string of the molecule is O=CC1c2ccc([N+](=O)[O-])cc2N=CN1Cc1cccc(F)c1. The van der Waals surface area contributed by atoms with E-state index in [-0.39, 0.29) is 11.5 Å². The van der Waals surface area contributed by atoms with Gasteiger partial charge in [0.15, 0.2) is 0 Å². The smallest absolute Gasteiger partial charge is 0.271 e. The lowest BCUT2D eigenvalue weighted by Crippen LogP contribution is -2.30. The Morgan fingerprint density at radius 1 is 1.30 bits per heavy atom. The molecule has 0 fully saturated rings. The van der Waals surface area contributed by atoms with Gasteiger partial charge >= 0.3 is 0 Å². The summed E-state index contributed by atoms with van der Waals surface area (Å²) >= 11 is 0. The Balaban J connectivity index is 1.92. The van der Waals surface area contributed by atoms with Crippen LogP contribution in [0.1, 0.15) is 17.2 Å². The maximum Gasteiger partial charge on any atom is 0.271 e. The maximum absolute atomic E-state index is 13.3. The third-order valence-electron chi connectivity index (χ3n) is 3.63. The summed E-state index contributed by atoms with van der Waals surface area (Å²) in [5, 5.41) is 10.8. The normalized spacial score (nSPS) is 16.0. The fourth-order valence-electron chi connectivity index (χ4n) is 2.53. The van der Waals surface area contributed by atoms with E-state index in [0.717, 1.165) is 6.29 Å². The molecule has 0 saturated heterocycles. The molecule has 0 bridgehead atoms. The molecule has 0 radical (unpaired) electrons. The highest BCUT2D eigenvalue weighted by Crippen LogP contribution is 2.35. The summed E-state index contributed by atoms with van der Waals surface area (Å²) in [6.07, 6.45) is 2.20. The lowest BCUT2D eigenvalue weighted by molar-refractivity contribution is -0.384. The predicted octanol–water partition coefficient (Wildman–Crippen LogP) is 3.15. The van der Waals surface area contributed by atoms with Crippen LogP contribution in [0.15, 0.2) is 47.5 Å². The minimum absolute atomic E-state index is 0.0795. The van der Waals surface area contributed by atoms with E-state index in [4.69, 9.17) is 0 Å². The van der Waals surface area contributed by atoms with Gasteiger partial charge in [0, 0.05) is 24.2 Å². The van der Waals surface area contributed by atoms with Crippen molar-refractivity contribution in [2.75, 3.05) is 0 Å². The van der Waals surface area contributed by atoms with Gasteiger partial charge in [-0.15, -0.1) is 0 Å². The number of hydrogen-bond acceptors (Lipinski definition) is 5. The summed E-state index contributed by atoms with van der Waals surface area (Å²) in [7, 11) is 0. The number of aldehydes is 1. The predicted molar refractivity (Wildman–Crippen MR) is 82.0 cm³/mol. The van der Waals surface area contributed by atoms with Gasteiger partial charge in [0.2, 0.25) is 0 Å². The molecule has 1 atom stereocenters. The molecule has 1 unspecified atom stereocenters. The molecule has 6 nitrogen and oxygen atoms in total. The van der Waals surface area contributed by atoms with Crippen LogP contribution in [0.3, 0.4) is 0 Å². The highest BCUT2D eigenvalue weighted by atomic mass is 19.1. The van der Waals surface area contributed by atoms with Crippen molar-refractivity contribution in [3.8, 4) is 0 Å². The molecule has 0 aliphatic carbocycles. The maximum atomic E-state index is 13.3. The first-order valence-corrected chi connectivity index (χ1v) is 6.86. The Kier molecular flexibility index (Phi) is 3.84. The molecule has 3 rings (SSSR count). The number of nitrogens with zero attached hydrogens (tertiary/aromatic N) is 3. The number of aliphatic imine (C=N–C) groups is 1. The van der Waals surface area contributed by atoms with Crippen molar-refractivity contribution in [3.05, 3.63) is 69.5 Å². The Morgan fingerprint density at radius 3 is 2.83 bits per heavy atom. The molecular formula is C16H12FN3O3. The van der Waals surface area contributed by atoms with E-state index in [0.29, 0.717) is 23.4 Å². The number of fused-ring (bicyclic) bond motifs is 1. The molecule has 0 N–H and O–H groups in total. The van der Waals surface area contributed by atoms with E-state index >= 15 is 0 Å². The zero-order valence-electron chi connectivity index (χ0n) is 11.9. The number of nitro groups is 1. The van der Waals surface area contributed by atoms with E-state index in [1.807, 2.05) is 0 Å². The monoisotopic (exact) mass is 313 g/mol. The molecule has 0 spiro atoms. The molecule has 2 aromatic rings. The van der Waals surface area contributed by atoms with E-state index in [1.54, 1.807) is 17.0 Å². The largest absolute Gasteiger partial charge is 0.344 e. The van der Waals surface area contributed by atoms with Crippen LogP contribution in [0.2, 0.25) is 0 Å². The number of benzene rings is 2. The number of rotatable bonds is 4. The molecule has 116 valence electrons. The van der Waals surface area contributed by atoms with Gasteiger partial charge in [-0.05, 0) is 23.8 Å². The lowest BCUT2D eigenvalue weighted by atomic mass is 10.0. The minimum Gasteiger partial charge on any atom is -0.344 e. The standard InChI is InChI=1S/C16H12FN3O3/c17-12-3-1-2-11(6-12)8-19-10-18-15-7-13(20(22)23)4-5-14(15)16(19)9-21/h1-7,9-10,16H,8H2. The van der Waals surface area contributed by atoms with Crippen LogP contribution in [0, 0.1) is 15.9 Å². The summed E-state index contributed by atoms with van der Waals surface area (Å²) in [6, 6.07) is 9.68. The van der Waals surface area contributed by atoms with Crippen molar-refractivity contribution in [1.29, 1.82) is 0 Å². The molecule has 1 aliphatic rings. The van der Waals surface area contributed by atoms with E-state index in [9.17, 15) is 19.3 Å². The average molecular weight is 313 g/mol. The van der Waals surface area contributed by atoms with Gasteiger partial charge in [-0.2, -0.15) is 0 Å². The molecule has 0 saturated carbocycles. The number of hydrogen-bond donors (Lipinski definition) is 0. The Bertz CT molecular complexity index is 807. The quantitative estimate of drug-likeness (QED) is 0.493. The second kappa shape index (κ2) is 5.96. The second-order valence-electron chi connectivity index (χ2n) is 5.13. The lowest BCUT2D eigenvalue weighted by Gasteiger charge is -2.30. The Morgan fingerprint density at radius 2 is 2.13 bits per heavy atom. The van der Waals surface area contributed by atoms with Crippen molar-refractivity contribution in [2.45, 2.75) is 12.6 Å². The molecular weight excluding hydrogens is 301 g/mol. The van der Waals surface area contributed by atoms with Crippen LogP contribution < -0.4 is 0 Å². The molecule has 0 aromatic heterocycles. The van der Waals surface area contributed by atoms with Crippen LogP contribution in [-0.4, -0.2) is 22.4 Å². The summed E-state index contributed by atoms with van der Waals surface area (Å²) < 4.78 is 13.3. The Hall–Kier alpha value is -3.09. The van der Waals surface area contributed by atoms with Gasteiger partial charge in [0.25, 0.3) is 5.69 Å². The van der Waals surface area contributed by atoms with Crippen LogP contribution in [0.4, 0.5) is 15.8 Å². The zero-order valence-corrected chi connectivity index (χ0v) is 11.9. The van der Waals surface area contributed by atoms with Crippen LogP contribution >= 0.6 is 0 Å². The first-order valence-electron chi connectivity index (χ1n) is 6.86. The van der Waals surface area contributed by atoms with E-state index < -0.39 is 11.0 Å². The first-order chi connectivity index (χ1) is 11.1. The van der Waals surface area contributed by atoms with E-state index in [1.165, 1.54) is 36.7 Å². The fourth-order valence-corrected chi connectivity index (χ4v) is 2.53. The third kappa shape index (κ3) is 2.94. The molecule has 1 heterocycles.